The van der Waals surface area contributed by atoms with Crippen LogP contribution in [0, 0.1) is 6.92 Å². The zero-order chi connectivity index (χ0) is 22.8. The second-order valence-corrected chi connectivity index (χ2v) is 7.04. The number of rotatable bonds is 3. The van der Waals surface area contributed by atoms with Crippen molar-refractivity contribution < 1.29 is 23.1 Å². The molecule has 0 aromatic carbocycles. The predicted molar refractivity (Wildman–Crippen MR) is 105 cm³/mol. The molecule has 0 aliphatic carbocycles. The van der Waals surface area contributed by atoms with Gasteiger partial charge in [-0.3, -0.25) is 9.89 Å². The maximum atomic E-state index is 12.3. The summed E-state index contributed by atoms with van der Waals surface area (Å²) in [5, 5.41) is 18.3. The van der Waals surface area contributed by atoms with Gasteiger partial charge in [-0.1, -0.05) is 0 Å². The van der Waals surface area contributed by atoms with E-state index in [9.17, 15) is 18.0 Å². The number of aromatic nitrogens is 5. The fourth-order valence-electron chi connectivity index (χ4n) is 3.14. The molecular formula is C18H20F3N7O3. The van der Waals surface area contributed by atoms with Crippen molar-refractivity contribution in [3.05, 3.63) is 45.3 Å². The number of hydrogen-bond donors (Lipinski definition) is 4. The Morgan fingerprint density at radius 1 is 1.35 bits per heavy atom. The van der Waals surface area contributed by atoms with E-state index in [0.29, 0.717) is 23.6 Å². The maximum Gasteiger partial charge on any atom is 0.490 e. The van der Waals surface area contributed by atoms with Crippen molar-refractivity contribution in [1.29, 1.82) is 0 Å². The van der Waals surface area contributed by atoms with Crippen molar-refractivity contribution in [3.8, 4) is 0 Å². The third kappa shape index (κ3) is 5.17. The summed E-state index contributed by atoms with van der Waals surface area (Å²) in [7, 11) is 2.09. The van der Waals surface area contributed by atoms with Crippen LogP contribution in [0.3, 0.4) is 0 Å². The molecule has 0 atom stereocenters. The van der Waals surface area contributed by atoms with E-state index < -0.39 is 12.1 Å². The summed E-state index contributed by atoms with van der Waals surface area (Å²) in [6, 6.07) is 2.00. The van der Waals surface area contributed by atoms with Gasteiger partial charge in [-0.15, -0.1) is 0 Å². The summed E-state index contributed by atoms with van der Waals surface area (Å²) in [5.41, 5.74) is 4.42. The first-order chi connectivity index (χ1) is 14.6. The molecule has 0 fully saturated rings. The van der Waals surface area contributed by atoms with E-state index in [1.54, 1.807) is 0 Å². The lowest BCUT2D eigenvalue weighted by atomic mass is 10.0. The summed E-state index contributed by atoms with van der Waals surface area (Å²) >= 11 is 0. The predicted octanol–water partition coefficient (Wildman–Crippen LogP) is 1.58. The van der Waals surface area contributed by atoms with Gasteiger partial charge in [0.2, 0.25) is 0 Å². The first-order valence-corrected chi connectivity index (χ1v) is 9.18. The number of hydrogen-bond acceptors (Lipinski definition) is 7. The average molecular weight is 439 g/mol. The number of carboxylic acids is 1. The van der Waals surface area contributed by atoms with Gasteiger partial charge in [0, 0.05) is 43.0 Å². The number of carbonyl (C=O) groups is 1. The van der Waals surface area contributed by atoms with Crippen LogP contribution in [0.5, 0.6) is 0 Å². The third-order valence-corrected chi connectivity index (χ3v) is 4.70. The molecule has 3 aromatic rings. The first kappa shape index (κ1) is 22.2. The van der Waals surface area contributed by atoms with Crippen LogP contribution < -0.4 is 10.9 Å². The Hall–Kier alpha value is -3.48. The molecule has 4 N–H and O–H groups in total. The molecular weight excluding hydrogens is 419 g/mol. The molecule has 1 aliphatic rings. The topological polar surface area (TPSA) is 140 Å². The quantitative estimate of drug-likeness (QED) is 0.482. The van der Waals surface area contributed by atoms with Crippen LogP contribution in [0.4, 0.5) is 19.0 Å². The van der Waals surface area contributed by atoms with E-state index in [1.165, 1.54) is 11.9 Å². The Morgan fingerprint density at radius 2 is 2.06 bits per heavy atom. The smallest absolute Gasteiger partial charge is 0.475 e. The highest BCUT2D eigenvalue weighted by atomic mass is 19.4. The minimum absolute atomic E-state index is 0.0416. The van der Waals surface area contributed by atoms with Crippen molar-refractivity contribution in [1.82, 2.24) is 30.0 Å². The standard InChI is InChI=1S/C16H19N7O.C2HF3O2/c1-9-13-14(18-8-19-15(13)22-21-9)17-6-10-5-11-7-23(2)4-3-12(11)20-16(10)24;3-2(4,5)1(6)7/h5,8H,3-4,6-7H2,1-2H3,(H,20,24)(H2,17,18,19,21,22);(H,6,7). The zero-order valence-electron chi connectivity index (χ0n) is 16.7. The van der Waals surface area contributed by atoms with Crippen molar-refractivity contribution in [2.24, 2.45) is 0 Å². The second kappa shape index (κ2) is 8.71. The Labute approximate surface area is 173 Å². The normalized spacial score (nSPS) is 14.0. The fourth-order valence-corrected chi connectivity index (χ4v) is 3.14. The number of aromatic amines is 2. The molecule has 0 saturated carbocycles. The lowest BCUT2D eigenvalue weighted by Gasteiger charge is -2.24. The van der Waals surface area contributed by atoms with Gasteiger partial charge in [0.1, 0.15) is 12.1 Å². The van der Waals surface area contributed by atoms with Crippen molar-refractivity contribution >= 4 is 22.8 Å². The van der Waals surface area contributed by atoms with E-state index in [0.717, 1.165) is 36.3 Å². The monoisotopic (exact) mass is 439 g/mol. The van der Waals surface area contributed by atoms with Crippen LogP contribution in [0.1, 0.15) is 22.5 Å². The lowest BCUT2D eigenvalue weighted by molar-refractivity contribution is -0.192. The molecule has 13 heteroatoms. The molecule has 4 rings (SSSR count). The lowest BCUT2D eigenvalue weighted by Crippen LogP contribution is -2.30. The number of aliphatic carboxylic acids is 1. The highest BCUT2D eigenvalue weighted by molar-refractivity contribution is 5.88. The number of carboxylic acid groups (broad SMARTS) is 1. The molecule has 0 spiro atoms. The van der Waals surface area contributed by atoms with E-state index in [-0.39, 0.29) is 5.56 Å². The summed E-state index contributed by atoms with van der Waals surface area (Å²) in [5.74, 6) is -2.08. The van der Waals surface area contributed by atoms with E-state index in [4.69, 9.17) is 9.90 Å². The molecule has 0 bridgehead atoms. The number of nitrogens with one attached hydrogen (secondary N) is 3. The van der Waals surface area contributed by atoms with Gasteiger partial charge >= 0.3 is 12.1 Å². The van der Waals surface area contributed by atoms with Gasteiger partial charge in [-0.05, 0) is 25.6 Å². The number of H-pyrrole nitrogens is 2. The van der Waals surface area contributed by atoms with E-state index in [1.807, 2.05) is 13.0 Å². The molecule has 0 saturated heterocycles. The van der Waals surface area contributed by atoms with Gasteiger partial charge in [0.25, 0.3) is 5.56 Å². The highest BCUT2D eigenvalue weighted by Gasteiger charge is 2.38. The Morgan fingerprint density at radius 3 is 2.74 bits per heavy atom. The molecule has 0 unspecified atom stereocenters. The fraction of sp³-hybridized carbons (Fsp3) is 0.389. The number of likely N-dealkylation sites (N-methyl/N-ethyl adjacent to an activating group) is 1. The number of halogens is 3. The summed E-state index contributed by atoms with van der Waals surface area (Å²) in [6.07, 6.45) is -2.73. The SMILES string of the molecule is Cc1[nH]nc2ncnc(NCc3cc4c([nH]c3=O)CCN(C)C4)c12.O=C(O)C(F)(F)F. The average Bonchev–Trinajstić information content (AvgIpc) is 3.08. The van der Waals surface area contributed by atoms with Crippen LogP contribution in [-0.2, 0) is 24.3 Å². The Kier molecular flexibility index (Phi) is 6.24. The number of pyridine rings is 1. The molecule has 31 heavy (non-hydrogen) atoms. The van der Waals surface area contributed by atoms with Gasteiger partial charge < -0.3 is 20.3 Å². The maximum absolute atomic E-state index is 12.3. The van der Waals surface area contributed by atoms with Gasteiger partial charge in [0.05, 0.1) is 5.39 Å². The summed E-state index contributed by atoms with van der Waals surface area (Å²) in [6.45, 7) is 4.16. The molecule has 3 aromatic heterocycles. The van der Waals surface area contributed by atoms with Crippen LogP contribution in [-0.4, -0.2) is 60.9 Å². The largest absolute Gasteiger partial charge is 0.490 e. The number of alkyl halides is 3. The first-order valence-electron chi connectivity index (χ1n) is 9.18. The Balaban J connectivity index is 0.000000339. The molecule has 4 heterocycles. The number of fused-ring (bicyclic) bond motifs is 2. The minimum atomic E-state index is -5.08. The van der Waals surface area contributed by atoms with Crippen molar-refractivity contribution in [2.75, 3.05) is 18.9 Å². The van der Waals surface area contributed by atoms with Crippen LogP contribution in [0.15, 0.2) is 17.2 Å². The number of nitrogens with zero attached hydrogens (tertiary/aromatic N) is 4. The van der Waals surface area contributed by atoms with Gasteiger partial charge in [-0.25, -0.2) is 14.8 Å². The minimum Gasteiger partial charge on any atom is -0.475 e. The zero-order valence-corrected chi connectivity index (χ0v) is 16.7. The van der Waals surface area contributed by atoms with Gasteiger partial charge in [0.15, 0.2) is 5.65 Å². The van der Waals surface area contributed by atoms with Crippen molar-refractivity contribution in [3.63, 3.8) is 0 Å². The third-order valence-electron chi connectivity index (χ3n) is 4.70. The van der Waals surface area contributed by atoms with Crippen molar-refractivity contribution in [2.45, 2.75) is 32.6 Å². The van der Waals surface area contributed by atoms with Crippen LogP contribution in [0.2, 0.25) is 0 Å². The highest BCUT2D eigenvalue weighted by Crippen LogP contribution is 2.21. The number of aryl methyl sites for hydroxylation is 1. The molecule has 166 valence electrons. The van der Waals surface area contributed by atoms with E-state index >= 15 is 0 Å². The molecule has 10 nitrogen and oxygen atoms in total. The van der Waals surface area contributed by atoms with Gasteiger partial charge in [-0.2, -0.15) is 18.3 Å². The second-order valence-electron chi connectivity index (χ2n) is 7.04. The number of anilines is 1. The molecule has 1 aliphatic heterocycles. The van der Waals surface area contributed by atoms with Crippen LogP contribution in [0.25, 0.3) is 11.0 Å². The summed E-state index contributed by atoms with van der Waals surface area (Å²) in [4.78, 5) is 34.9. The molecule has 0 amide bonds. The van der Waals surface area contributed by atoms with Crippen LogP contribution >= 0.6 is 0 Å². The Bertz CT molecular complexity index is 1160. The molecule has 0 radical (unpaired) electrons. The summed E-state index contributed by atoms with van der Waals surface area (Å²) < 4.78 is 31.7. The van der Waals surface area contributed by atoms with E-state index in [2.05, 4.69) is 42.4 Å².